The van der Waals surface area contributed by atoms with Crippen molar-refractivity contribution in [3.63, 3.8) is 0 Å². The number of carboxylic acid groups (broad SMARTS) is 1. The molecule has 1 rings (SSSR count). The Balaban J connectivity index is 2.49. The van der Waals surface area contributed by atoms with Gasteiger partial charge in [-0.05, 0) is 25.7 Å². The van der Waals surface area contributed by atoms with E-state index in [4.69, 9.17) is 4.74 Å². The number of ether oxygens (including phenoxy) is 1. The number of hydrogen-bond donors (Lipinski definition) is 1. The summed E-state index contributed by atoms with van der Waals surface area (Å²) in [5, 5.41) is 9.53. The van der Waals surface area contributed by atoms with Crippen LogP contribution in [0.5, 0.6) is 0 Å². The molecule has 0 amide bonds. The number of rotatable bonds is 6. The van der Waals surface area contributed by atoms with Gasteiger partial charge in [0.05, 0.1) is 5.41 Å². The number of carbonyl (C=O) groups is 1. The molecule has 0 aromatic heterocycles. The first-order chi connectivity index (χ1) is 8.21. The van der Waals surface area contributed by atoms with E-state index in [-0.39, 0.29) is 0 Å². The van der Waals surface area contributed by atoms with Gasteiger partial charge in [0.15, 0.2) is 0 Å². The molecule has 3 heteroatoms. The SMILES string of the molecule is COCCCCC1(C(=O)O)CCCCCCC1. The van der Waals surface area contributed by atoms with E-state index in [1.54, 1.807) is 7.11 Å². The Morgan fingerprint density at radius 2 is 1.71 bits per heavy atom. The van der Waals surface area contributed by atoms with Crippen LogP contribution in [0, 0.1) is 5.41 Å². The van der Waals surface area contributed by atoms with Gasteiger partial charge in [-0.25, -0.2) is 0 Å². The first kappa shape index (κ1) is 14.5. The smallest absolute Gasteiger partial charge is 0.309 e. The zero-order chi connectivity index (χ0) is 12.6. The highest BCUT2D eigenvalue weighted by atomic mass is 16.5. The van der Waals surface area contributed by atoms with Crippen molar-refractivity contribution in [3.05, 3.63) is 0 Å². The second kappa shape index (κ2) is 7.70. The van der Waals surface area contributed by atoms with Crippen LogP contribution in [0.15, 0.2) is 0 Å². The Hall–Kier alpha value is -0.570. The van der Waals surface area contributed by atoms with Crippen LogP contribution in [-0.2, 0) is 9.53 Å². The summed E-state index contributed by atoms with van der Waals surface area (Å²) >= 11 is 0. The molecule has 1 N–H and O–H groups in total. The van der Waals surface area contributed by atoms with Crippen LogP contribution in [0.25, 0.3) is 0 Å². The van der Waals surface area contributed by atoms with Crippen molar-refractivity contribution in [1.82, 2.24) is 0 Å². The molecule has 1 fully saturated rings. The maximum Gasteiger partial charge on any atom is 0.309 e. The van der Waals surface area contributed by atoms with Crippen LogP contribution >= 0.6 is 0 Å². The zero-order valence-electron chi connectivity index (χ0n) is 11.0. The van der Waals surface area contributed by atoms with Gasteiger partial charge in [-0.15, -0.1) is 0 Å². The molecule has 0 aliphatic heterocycles. The van der Waals surface area contributed by atoms with Gasteiger partial charge in [0.2, 0.25) is 0 Å². The minimum atomic E-state index is -0.572. The quantitative estimate of drug-likeness (QED) is 0.724. The molecule has 0 saturated heterocycles. The molecule has 0 aromatic carbocycles. The molecule has 1 saturated carbocycles. The molecule has 100 valence electrons. The molecule has 1 aliphatic rings. The normalized spacial score (nSPS) is 20.5. The third kappa shape index (κ3) is 4.66. The highest BCUT2D eigenvalue weighted by Gasteiger charge is 2.37. The fourth-order valence-corrected chi connectivity index (χ4v) is 2.86. The number of carboxylic acids is 1. The van der Waals surface area contributed by atoms with E-state index in [2.05, 4.69) is 0 Å². The van der Waals surface area contributed by atoms with Crippen LogP contribution in [0.4, 0.5) is 0 Å². The van der Waals surface area contributed by atoms with Crippen LogP contribution < -0.4 is 0 Å². The number of hydrogen-bond acceptors (Lipinski definition) is 2. The summed E-state index contributed by atoms with van der Waals surface area (Å²) < 4.78 is 5.02. The zero-order valence-corrected chi connectivity index (χ0v) is 11.0. The second-order valence-electron chi connectivity index (χ2n) is 5.30. The third-order valence-corrected chi connectivity index (χ3v) is 4.02. The van der Waals surface area contributed by atoms with Crippen molar-refractivity contribution in [2.24, 2.45) is 5.41 Å². The van der Waals surface area contributed by atoms with E-state index in [0.717, 1.165) is 51.6 Å². The number of unbranched alkanes of at least 4 members (excludes halogenated alkanes) is 1. The average Bonchev–Trinajstić information content (AvgIpc) is 2.26. The fourth-order valence-electron chi connectivity index (χ4n) is 2.86. The lowest BCUT2D eigenvalue weighted by molar-refractivity contribution is -0.151. The first-order valence-electron chi connectivity index (χ1n) is 6.94. The maximum absolute atomic E-state index is 11.6. The Bertz CT molecular complexity index is 218. The molecular weight excluding hydrogens is 216 g/mol. The second-order valence-corrected chi connectivity index (χ2v) is 5.30. The maximum atomic E-state index is 11.6. The fraction of sp³-hybridized carbons (Fsp3) is 0.929. The summed E-state index contributed by atoms with van der Waals surface area (Å²) in [4.78, 5) is 11.6. The van der Waals surface area contributed by atoms with Gasteiger partial charge >= 0.3 is 5.97 Å². The highest BCUT2D eigenvalue weighted by Crippen LogP contribution is 2.38. The van der Waals surface area contributed by atoms with Crippen LogP contribution in [0.3, 0.4) is 0 Å². The summed E-state index contributed by atoms with van der Waals surface area (Å²) in [5.41, 5.74) is -0.436. The Morgan fingerprint density at radius 3 is 2.24 bits per heavy atom. The lowest BCUT2D eigenvalue weighted by Crippen LogP contribution is -2.32. The Morgan fingerprint density at radius 1 is 1.12 bits per heavy atom. The van der Waals surface area contributed by atoms with Gasteiger partial charge in [-0.1, -0.05) is 38.5 Å². The predicted octanol–water partition coefficient (Wildman–Crippen LogP) is 3.62. The molecule has 0 radical (unpaired) electrons. The lowest BCUT2D eigenvalue weighted by Gasteiger charge is -2.31. The van der Waals surface area contributed by atoms with Crippen molar-refractivity contribution in [2.75, 3.05) is 13.7 Å². The van der Waals surface area contributed by atoms with Gasteiger partial charge in [-0.2, -0.15) is 0 Å². The van der Waals surface area contributed by atoms with Gasteiger partial charge in [-0.3, -0.25) is 4.79 Å². The van der Waals surface area contributed by atoms with Crippen LogP contribution in [0.1, 0.15) is 64.2 Å². The van der Waals surface area contributed by atoms with Crippen molar-refractivity contribution in [3.8, 4) is 0 Å². The van der Waals surface area contributed by atoms with Crippen molar-refractivity contribution in [2.45, 2.75) is 64.2 Å². The summed E-state index contributed by atoms with van der Waals surface area (Å²) in [6, 6.07) is 0. The van der Waals surface area contributed by atoms with E-state index < -0.39 is 11.4 Å². The topological polar surface area (TPSA) is 46.5 Å². The average molecular weight is 242 g/mol. The van der Waals surface area contributed by atoms with Crippen molar-refractivity contribution in [1.29, 1.82) is 0 Å². The highest BCUT2D eigenvalue weighted by molar-refractivity contribution is 5.74. The van der Waals surface area contributed by atoms with Gasteiger partial charge in [0.1, 0.15) is 0 Å². The molecule has 17 heavy (non-hydrogen) atoms. The van der Waals surface area contributed by atoms with Crippen molar-refractivity contribution < 1.29 is 14.6 Å². The Kier molecular flexibility index (Phi) is 6.56. The molecule has 0 spiro atoms. The minimum absolute atomic E-state index is 0.436. The minimum Gasteiger partial charge on any atom is -0.481 e. The van der Waals surface area contributed by atoms with E-state index in [1.165, 1.54) is 19.3 Å². The summed E-state index contributed by atoms with van der Waals surface area (Å²) in [6.45, 7) is 0.746. The summed E-state index contributed by atoms with van der Waals surface area (Å²) in [7, 11) is 1.70. The molecule has 0 unspecified atom stereocenters. The molecule has 1 aliphatic carbocycles. The van der Waals surface area contributed by atoms with E-state index in [9.17, 15) is 9.90 Å². The summed E-state index contributed by atoms with van der Waals surface area (Å²) in [6.07, 6.45) is 10.4. The van der Waals surface area contributed by atoms with Crippen LogP contribution in [-0.4, -0.2) is 24.8 Å². The molecule has 0 atom stereocenters. The Labute approximate surface area is 105 Å². The van der Waals surface area contributed by atoms with E-state index in [1.807, 2.05) is 0 Å². The van der Waals surface area contributed by atoms with E-state index in [0.29, 0.717) is 0 Å². The molecule has 0 bridgehead atoms. The van der Waals surface area contributed by atoms with Gasteiger partial charge in [0, 0.05) is 13.7 Å². The van der Waals surface area contributed by atoms with Crippen LogP contribution in [0.2, 0.25) is 0 Å². The predicted molar refractivity (Wildman–Crippen MR) is 68.1 cm³/mol. The van der Waals surface area contributed by atoms with Gasteiger partial charge in [0.25, 0.3) is 0 Å². The summed E-state index contributed by atoms with van der Waals surface area (Å²) in [5.74, 6) is -0.572. The van der Waals surface area contributed by atoms with E-state index >= 15 is 0 Å². The first-order valence-corrected chi connectivity index (χ1v) is 6.94. The number of methoxy groups -OCH3 is 1. The molecule has 3 nitrogen and oxygen atoms in total. The standard InChI is InChI=1S/C14H26O3/c1-17-12-8-7-11-14(13(15)16)9-5-3-2-4-6-10-14/h2-12H2,1H3,(H,15,16). The number of aliphatic carboxylic acids is 1. The van der Waals surface area contributed by atoms with Gasteiger partial charge < -0.3 is 9.84 Å². The molecule has 0 heterocycles. The van der Waals surface area contributed by atoms with Crippen molar-refractivity contribution >= 4 is 5.97 Å². The largest absolute Gasteiger partial charge is 0.481 e. The third-order valence-electron chi connectivity index (χ3n) is 4.02. The monoisotopic (exact) mass is 242 g/mol. The molecule has 0 aromatic rings. The lowest BCUT2D eigenvalue weighted by atomic mass is 9.73. The molecular formula is C14H26O3.